The van der Waals surface area contributed by atoms with Gasteiger partial charge in [0, 0.05) is 45.3 Å². The van der Waals surface area contributed by atoms with E-state index in [-0.39, 0.29) is 5.91 Å². The number of benzene rings is 2. The molecular formula is C25H33N3O3. The van der Waals surface area contributed by atoms with E-state index < -0.39 is 0 Å². The molecule has 0 unspecified atom stereocenters. The lowest BCUT2D eigenvalue weighted by Gasteiger charge is -2.36. The summed E-state index contributed by atoms with van der Waals surface area (Å²) in [5, 5.41) is 0. The van der Waals surface area contributed by atoms with E-state index in [1.165, 1.54) is 5.69 Å². The van der Waals surface area contributed by atoms with E-state index in [1.54, 1.807) is 12.0 Å². The predicted molar refractivity (Wildman–Crippen MR) is 123 cm³/mol. The highest BCUT2D eigenvalue weighted by atomic mass is 16.5. The van der Waals surface area contributed by atoms with Crippen LogP contribution in [-0.2, 0) is 6.42 Å². The Morgan fingerprint density at radius 2 is 1.77 bits per heavy atom. The molecule has 2 aromatic rings. The van der Waals surface area contributed by atoms with Crippen molar-refractivity contribution in [2.45, 2.75) is 19.3 Å². The van der Waals surface area contributed by atoms with Crippen molar-refractivity contribution in [2.24, 2.45) is 0 Å². The largest absolute Gasteiger partial charge is 0.495 e. The number of likely N-dealkylation sites (N-methyl/N-ethyl adjacent to an activating group) is 1. The van der Waals surface area contributed by atoms with Gasteiger partial charge in [-0.05, 0) is 55.6 Å². The molecule has 2 aromatic carbocycles. The van der Waals surface area contributed by atoms with Crippen molar-refractivity contribution in [1.29, 1.82) is 0 Å². The van der Waals surface area contributed by atoms with Gasteiger partial charge in [-0.3, -0.25) is 9.69 Å². The van der Waals surface area contributed by atoms with Crippen LogP contribution in [0.15, 0.2) is 42.5 Å². The number of amides is 1. The molecule has 0 aromatic heterocycles. The Morgan fingerprint density at radius 1 is 0.968 bits per heavy atom. The van der Waals surface area contributed by atoms with Crippen LogP contribution in [0.4, 0.5) is 5.69 Å². The number of para-hydroxylation sites is 2. The Kier molecular flexibility index (Phi) is 6.97. The van der Waals surface area contributed by atoms with Crippen molar-refractivity contribution >= 4 is 11.6 Å². The first kappa shape index (κ1) is 21.5. The molecule has 1 amide bonds. The Bertz CT molecular complexity index is 893. The Hall–Kier alpha value is -2.73. The van der Waals surface area contributed by atoms with Gasteiger partial charge in [-0.2, -0.15) is 0 Å². The summed E-state index contributed by atoms with van der Waals surface area (Å²) in [6.45, 7) is 6.75. The normalized spacial score (nSPS) is 16.9. The second kappa shape index (κ2) is 10.1. The van der Waals surface area contributed by atoms with Gasteiger partial charge in [-0.1, -0.05) is 18.2 Å². The fraction of sp³-hybridized carbons (Fsp3) is 0.480. The minimum Gasteiger partial charge on any atom is -0.495 e. The number of ether oxygens (including phenoxy) is 2. The number of rotatable bonds is 8. The topological polar surface area (TPSA) is 45.3 Å². The van der Waals surface area contributed by atoms with Gasteiger partial charge in [0.05, 0.1) is 19.4 Å². The molecule has 1 saturated heterocycles. The molecule has 1 fully saturated rings. The average Bonchev–Trinajstić information content (AvgIpc) is 2.82. The second-order valence-corrected chi connectivity index (χ2v) is 8.35. The van der Waals surface area contributed by atoms with Gasteiger partial charge in [0.15, 0.2) is 0 Å². The number of piperazine rings is 1. The smallest absolute Gasteiger partial charge is 0.254 e. The summed E-state index contributed by atoms with van der Waals surface area (Å²) >= 11 is 0. The van der Waals surface area contributed by atoms with Gasteiger partial charge in [0.2, 0.25) is 0 Å². The van der Waals surface area contributed by atoms with E-state index in [0.717, 1.165) is 81.2 Å². The maximum Gasteiger partial charge on any atom is 0.254 e. The van der Waals surface area contributed by atoms with Crippen LogP contribution in [0.25, 0.3) is 0 Å². The molecule has 4 rings (SSSR count). The SMILES string of the molecule is COc1ccccc1N1CCN(CCCCOc2ccc3c(c2)C(=O)N(C)CC3)CC1. The van der Waals surface area contributed by atoms with Crippen LogP contribution in [0.2, 0.25) is 0 Å². The van der Waals surface area contributed by atoms with E-state index in [4.69, 9.17) is 9.47 Å². The zero-order chi connectivity index (χ0) is 21.6. The average molecular weight is 424 g/mol. The predicted octanol–water partition coefficient (Wildman–Crippen LogP) is 3.30. The van der Waals surface area contributed by atoms with E-state index in [2.05, 4.69) is 21.9 Å². The molecule has 0 N–H and O–H groups in total. The highest BCUT2D eigenvalue weighted by Crippen LogP contribution is 2.28. The molecule has 0 saturated carbocycles. The zero-order valence-corrected chi connectivity index (χ0v) is 18.7. The van der Waals surface area contributed by atoms with Crippen LogP contribution in [0.5, 0.6) is 11.5 Å². The molecule has 0 aliphatic carbocycles. The van der Waals surface area contributed by atoms with Crippen LogP contribution in [0.3, 0.4) is 0 Å². The first-order valence-corrected chi connectivity index (χ1v) is 11.3. The fourth-order valence-electron chi connectivity index (χ4n) is 4.39. The number of hydrogen-bond donors (Lipinski definition) is 0. The van der Waals surface area contributed by atoms with Gasteiger partial charge in [-0.25, -0.2) is 0 Å². The number of carbonyl (C=O) groups excluding carboxylic acids is 1. The third kappa shape index (κ3) is 5.13. The maximum absolute atomic E-state index is 12.3. The van der Waals surface area contributed by atoms with Crippen LogP contribution in [0.1, 0.15) is 28.8 Å². The summed E-state index contributed by atoms with van der Waals surface area (Å²) in [5.74, 6) is 1.84. The summed E-state index contributed by atoms with van der Waals surface area (Å²) in [7, 11) is 3.59. The molecular weight excluding hydrogens is 390 g/mol. The minimum absolute atomic E-state index is 0.0963. The minimum atomic E-state index is 0.0963. The third-order valence-electron chi connectivity index (χ3n) is 6.31. The van der Waals surface area contributed by atoms with Gasteiger partial charge >= 0.3 is 0 Å². The molecule has 0 atom stereocenters. The summed E-state index contributed by atoms with van der Waals surface area (Å²) in [5.41, 5.74) is 3.11. The van der Waals surface area contributed by atoms with E-state index in [1.807, 2.05) is 37.4 Å². The van der Waals surface area contributed by atoms with Crippen LogP contribution < -0.4 is 14.4 Å². The van der Waals surface area contributed by atoms with Crippen LogP contribution >= 0.6 is 0 Å². The molecule has 31 heavy (non-hydrogen) atoms. The van der Waals surface area contributed by atoms with E-state index in [0.29, 0.717) is 6.61 Å². The summed E-state index contributed by atoms with van der Waals surface area (Å²) in [6, 6.07) is 14.2. The maximum atomic E-state index is 12.3. The summed E-state index contributed by atoms with van der Waals surface area (Å²) in [6.07, 6.45) is 3.04. The standard InChI is InChI=1S/C25H33N3O3/c1-26-13-11-20-9-10-21(19-22(20)25(26)29)31-18-6-5-12-27-14-16-28(17-15-27)23-7-3-4-8-24(23)30-2/h3-4,7-10,19H,5-6,11-18H2,1-2H3. The molecule has 2 heterocycles. The van der Waals surface area contributed by atoms with Crippen molar-refractivity contribution < 1.29 is 14.3 Å². The lowest BCUT2D eigenvalue weighted by molar-refractivity contribution is 0.0780. The van der Waals surface area contributed by atoms with E-state index >= 15 is 0 Å². The van der Waals surface area contributed by atoms with E-state index in [9.17, 15) is 4.79 Å². The second-order valence-electron chi connectivity index (χ2n) is 8.35. The number of unbranched alkanes of at least 4 members (excludes halogenated alkanes) is 1. The number of nitrogens with zero attached hydrogens (tertiary/aromatic N) is 3. The monoisotopic (exact) mass is 423 g/mol. The molecule has 2 aliphatic rings. The number of fused-ring (bicyclic) bond motifs is 1. The van der Waals surface area contributed by atoms with Gasteiger partial charge in [0.1, 0.15) is 11.5 Å². The van der Waals surface area contributed by atoms with Crippen LogP contribution in [-0.4, -0.2) is 75.7 Å². The van der Waals surface area contributed by atoms with Gasteiger partial charge in [-0.15, -0.1) is 0 Å². The fourth-order valence-corrected chi connectivity index (χ4v) is 4.39. The lowest BCUT2D eigenvalue weighted by Crippen LogP contribution is -2.46. The molecule has 166 valence electrons. The number of hydrogen-bond acceptors (Lipinski definition) is 5. The molecule has 6 nitrogen and oxygen atoms in total. The number of carbonyl (C=O) groups is 1. The Morgan fingerprint density at radius 3 is 2.58 bits per heavy atom. The van der Waals surface area contributed by atoms with Crippen molar-refractivity contribution in [3.63, 3.8) is 0 Å². The van der Waals surface area contributed by atoms with Crippen molar-refractivity contribution in [3.05, 3.63) is 53.6 Å². The van der Waals surface area contributed by atoms with Crippen molar-refractivity contribution in [1.82, 2.24) is 9.80 Å². The zero-order valence-electron chi connectivity index (χ0n) is 18.7. The molecule has 6 heteroatoms. The molecule has 0 spiro atoms. The van der Waals surface area contributed by atoms with Gasteiger partial charge < -0.3 is 19.3 Å². The molecule has 0 radical (unpaired) electrons. The Labute approximate surface area is 185 Å². The molecule has 2 aliphatic heterocycles. The Balaban J connectivity index is 1.17. The molecule has 0 bridgehead atoms. The quantitative estimate of drug-likeness (QED) is 0.610. The highest BCUT2D eigenvalue weighted by Gasteiger charge is 2.22. The van der Waals surface area contributed by atoms with Crippen LogP contribution in [0, 0.1) is 0 Å². The van der Waals surface area contributed by atoms with Crippen molar-refractivity contribution in [2.75, 3.05) is 64.9 Å². The highest BCUT2D eigenvalue weighted by molar-refractivity contribution is 5.97. The van der Waals surface area contributed by atoms with Gasteiger partial charge in [0.25, 0.3) is 5.91 Å². The first-order chi connectivity index (χ1) is 15.2. The summed E-state index contributed by atoms with van der Waals surface area (Å²) in [4.78, 5) is 19.0. The number of anilines is 1. The number of methoxy groups -OCH3 is 1. The van der Waals surface area contributed by atoms with Crippen molar-refractivity contribution in [3.8, 4) is 11.5 Å². The first-order valence-electron chi connectivity index (χ1n) is 11.3. The summed E-state index contributed by atoms with van der Waals surface area (Å²) < 4.78 is 11.4. The lowest BCUT2D eigenvalue weighted by atomic mass is 9.99. The third-order valence-corrected chi connectivity index (χ3v) is 6.31.